The molecule has 102 valence electrons. The summed E-state index contributed by atoms with van der Waals surface area (Å²) in [5, 5.41) is 17.5. The standard InChI is InChI=1S/C13H16N2O4/c1-3-7(13(18)19-2)10(15)12(17)8-5-4-6-9(14)11(8)16/h4-7,15-16H,3,14H2,1-2H3/t7-/m1/s1. The van der Waals surface area contributed by atoms with Gasteiger partial charge in [0.05, 0.1) is 24.1 Å². The first kappa shape index (κ1) is 14.7. The van der Waals surface area contributed by atoms with E-state index < -0.39 is 23.4 Å². The molecule has 0 fully saturated rings. The van der Waals surface area contributed by atoms with Crippen molar-refractivity contribution in [1.29, 1.82) is 5.41 Å². The molecule has 0 aliphatic carbocycles. The Morgan fingerprint density at radius 2 is 2.11 bits per heavy atom. The second-order valence-electron chi connectivity index (χ2n) is 3.97. The highest BCUT2D eigenvalue weighted by atomic mass is 16.5. The average Bonchev–Trinajstić information content (AvgIpc) is 2.41. The molecule has 6 heteroatoms. The maximum atomic E-state index is 12.1. The summed E-state index contributed by atoms with van der Waals surface area (Å²) >= 11 is 0. The van der Waals surface area contributed by atoms with E-state index in [0.717, 1.165) is 0 Å². The molecule has 1 aromatic rings. The molecule has 1 aromatic carbocycles. The van der Waals surface area contributed by atoms with Crippen LogP contribution in [0.3, 0.4) is 0 Å². The summed E-state index contributed by atoms with van der Waals surface area (Å²) in [5.74, 6) is -2.71. The normalized spacial score (nSPS) is 11.7. The number of phenols is 1. The van der Waals surface area contributed by atoms with Crippen molar-refractivity contribution in [2.24, 2.45) is 5.92 Å². The predicted octanol–water partition coefficient (Wildman–Crippen LogP) is 1.38. The van der Waals surface area contributed by atoms with Gasteiger partial charge in [-0.15, -0.1) is 0 Å². The minimum Gasteiger partial charge on any atom is -0.505 e. The molecule has 0 aliphatic heterocycles. The molecule has 0 aliphatic rings. The van der Waals surface area contributed by atoms with Crippen LogP contribution in [0.2, 0.25) is 0 Å². The third kappa shape index (κ3) is 2.90. The number of methoxy groups -OCH3 is 1. The van der Waals surface area contributed by atoms with Crippen molar-refractivity contribution in [3.63, 3.8) is 0 Å². The van der Waals surface area contributed by atoms with Gasteiger partial charge in [-0.1, -0.05) is 13.0 Å². The van der Waals surface area contributed by atoms with Crippen LogP contribution < -0.4 is 5.73 Å². The van der Waals surface area contributed by atoms with E-state index in [2.05, 4.69) is 4.74 Å². The lowest BCUT2D eigenvalue weighted by atomic mass is 9.93. The van der Waals surface area contributed by atoms with Crippen LogP contribution in [0.1, 0.15) is 23.7 Å². The molecular formula is C13H16N2O4. The number of nitrogen functional groups attached to an aromatic ring is 1. The lowest BCUT2D eigenvalue weighted by molar-refractivity contribution is -0.143. The Labute approximate surface area is 110 Å². The van der Waals surface area contributed by atoms with Crippen molar-refractivity contribution in [2.45, 2.75) is 13.3 Å². The Kier molecular flexibility index (Phi) is 4.63. The maximum absolute atomic E-state index is 12.1. The number of phenolic OH excluding ortho intramolecular Hbond substituents is 1. The minimum atomic E-state index is -0.946. The third-order valence-electron chi connectivity index (χ3n) is 2.80. The van der Waals surface area contributed by atoms with Gasteiger partial charge in [0.2, 0.25) is 5.78 Å². The number of carbonyl (C=O) groups is 2. The van der Waals surface area contributed by atoms with Crippen molar-refractivity contribution in [3.05, 3.63) is 23.8 Å². The molecule has 0 aromatic heterocycles. The number of carbonyl (C=O) groups excluding carboxylic acids is 2. The minimum absolute atomic E-state index is 0.0461. The van der Waals surface area contributed by atoms with Gasteiger partial charge in [-0.05, 0) is 18.6 Å². The van der Waals surface area contributed by atoms with E-state index >= 15 is 0 Å². The van der Waals surface area contributed by atoms with Crippen LogP contribution in [-0.4, -0.2) is 29.7 Å². The molecule has 0 saturated heterocycles. The average molecular weight is 264 g/mol. The number of Topliss-reactive ketones (excluding diaryl/α,β-unsaturated/α-hetero) is 1. The molecule has 1 atom stereocenters. The maximum Gasteiger partial charge on any atom is 0.314 e. The zero-order chi connectivity index (χ0) is 14.6. The number of para-hydroxylation sites is 1. The number of nitrogens with two attached hydrogens (primary N) is 1. The number of esters is 1. The molecule has 4 N–H and O–H groups in total. The molecule has 6 nitrogen and oxygen atoms in total. The fraction of sp³-hybridized carbons (Fsp3) is 0.308. The summed E-state index contributed by atoms with van der Waals surface area (Å²) < 4.78 is 4.55. The third-order valence-corrected chi connectivity index (χ3v) is 2.80. The summed E-state index contributed by atoms with van der Waals surface area (Å²) in [6, 6.07) is 4.29. The van der Waals surface area contributed by atoms with Crippen LogP contribution in [0, 0.1) is 11.3 Å². The van der Waals surface area contributed by atoms with Crippen molar-refractivity contribution < 1.29 is 19.4 Å². The van der Waals surface area contributed by atoms with Gasteiger partial charge in [-0.2, -0.15) is 0 Å². The van der Waals surface area contributed by atoms with Crippen LogP contribution in [0.4, 0.5) is 5.69 Å². The van der Waals surface area contributed by atoms with Crippen molar-refractivity contribution >= 4 is 23.2 Å². The molecule has 0 radical (unpaired) electrons. The summed E-state index contributed by atoms with van der Waals surface area (Å²) in [6.45, 7) is 1.67. The second-order valence-corrected chi connectivity index (χ2v) is 3.97. The Morgan fingerprint density at radius 1 is 1.47 bits per heavy atom. The van der Waals surface area contributed by atoms with Gasteiger partial charge in [0, 0.05) is 0 Å². The molecule has 0 bridgehead atoms. The number of rotatable bonds is 5. The van der Waals surface area contributed by atoms with E-state index in [0.29, 0.717) is 0 Å². The predicted molar refractivity (Wildman–Crippen MR) is 70.4 cm³/mol. The molecule has 19 heavy (non-hydrogen) atoms. The number of hydrogen-bond donors (Lipinski definition) is 3. The Morgan fingerprint density at radius 3 is 2.63 bits per heavy atom. The summed E-state index contributed by atoms with van der Waals surface area (Å²) in [7, 11) is 1.20. The quantitative estimate of drug-likeness (QED) is 0.244. The highest BCUT2D eigenvalue weighted by molar-refractivity contribution is 6.48. The van der Waals surface area contributed by atoms with Gasteiger partial charge < -0.3 is 21.0 Å². The monoisotopic (exact) mass is 264 g/mol. The fourth-order valence-corrected chi connectivity index (χ4v) is 1.68. The molecule has 0 unspecified atom stereocenters. The van der Waals surface area contributed by atoms with E-state index in [4.69, 9.17) is 11.1 Å². The van der Waals surface area contributed by atoms with Crippen LogP contribution >= 0.6 is 0 Å². The largest absolute Gasteiger partial charge is 0.505 e. The topological polar surface area (TPSA) is 113 Å². The van der Waals surface area contributed by atoms with Gasteiger partial charge in [0.15, 0.2) is 0 Å². The zero-order valence-electron chi connectivity index (χ0n) is 10.8. The number of ether oxygens (including phenoxy) is 1. The fourth-order valence-electron chi connectivity index (χ4n) is 1.68. The number of hydrogen-bond acceptors (Lipinski definition) is 6. The molecule has 1 rings (SSSR count). The van der Waals surface area contributed by atoms with Crippen LogP contribution in [0.5, 0.6) is 5.75 Å². The van der Waals surface area contributed by atoms with E-state index in [9.17, 15) is 14.7 Å². The summed E-state index contributed by atoms with van der Waals surface area (Å²) in [5.41, 5.74) is 5.02. The number of anilines is 1. The highest BCUT2D eigenvalue weighted by Gasteiger charge is 2.29. The molecule has 0 saturated carbocycles. The van der Waals surface area contributed by atoms with E-state index in [1.165, 1.54) is 25.3 Å². The Hall–Kier alpha value is -2.37. The van der Waals surface area contributed by atoms with Crippen LogP contribution in [-0.2, 0) is 9.53 Å². The number of ketones is 1. The lowest BCUT2D eigenvalue weighted by Crippen LogP contribution is -2.30. The molecule has 0 spiro atoms. The van der Waals surface area contributed by atoms with Gasteiger partial charge in [-0.3, -0.25) is 9.59 Å². The van der Waals surface area contributed by atoms with Gasteiger partial charge in [0.1, 0.15) is 11.7 Å². The number of nitrogens with one attached hydrogen (secondary N) is 1. The summed E-state index contributed by atoms with van der Waals surface area (Å²) in [6.07, 6.45) is 0.264. The van der Waals surface area contributed by atoms with E-state index in [-0.39, 0.29) is 23.4 Å². The highest BCUT2D eigenvalue weighted by Crippen LogP contribution is 2.26. The van der Waals surface area contributed by atoms with Crippen molar-refractivity contribution in [2.75, 3.05) is 12.8 Å². The second kappa shape index (κ2) is 5.99. The number of benzene rings is 1. The van der Waals surface area contributed by atoms with Crippen molar-refractivity contribution in [1.82, 2.24) is 0 Å². The SMILES string of the molecule is CC[C@H](C(=N)C(=O)c1cccc(N)c1O)C(=O)OC. The van der Waals surface area contributed by atoms with Gasteiger partial charge in [-0.25, -0.2) is 0 Å². The molecule has 0 amide bonds. The molecular weight excluding hydrogens is 248 g/mol. The first-order chi connectivity index (χ1) is 8.93. The van der Waals surface area contributed by atoms with Crippen molar-refractivity contribution in [3.8, 4) is 5.75 Å². The zero-order valence-corrected chi connectivity index (χ0v) is 10.8. The van der Waals surface area contributed by atoms with Crippen LogP contribution in [0.15, 0.2) is 18.2 Å². The first-order valence-electron chi connectivity index (χ1n) is 5.72. The van der Waals surface area contributed by atoms with E-state index in [1.54, 1.807) is 6.92 Å². The van der Waals surface area contributed by atoms with E-state index in [1.807, 2.05) is 0 Å². The first-order valence-corrected chi connectivity index (χ1v) is 5.72. The van der Waals surface area contributed by atoms with Crippen LogP contribution in [0.25, 0.3) is 0 Å². The number of aromatic hydroxyl groups is 1. The van der Waals surface area contributed by atoms with Gasteiger partial charge in [0.25, 0.3) is 0 Å². The van der Waals surface area contributed by atoms with Gasteiger partial charge >= 0.3 is 5.97 Å². The Bertz CT molecular complexity index is 525. The molecule has 0 heterocycles. The lowest BCUT2D eigenvalue weighted by Gasteiger charge is -2.13. The Balaban J connectivity index is 3.09. The smallest absolute Gasteiger partial charge is 0.314 e. The summed E-state index contributed by atoms with van der Waals surface area (Å²) in [4.78, 5) is 23.6.